The highest BCUT2D eigenvalue weighted by Crippen LogP contribution is 2.40. The summed E-state index contributed by atoms with van der Waals surface area (Å²) in [5.74, 6) is -0.0401. The summed E-state index contributed by atoms with van der Waals surface area (Å²) in [4.78, 5) is 14.3. The van der Waals surface area contributed by atoms with E-state index in [1.165, 1.54) is 23.1 Å². The molecule has 3 heteroatoms. The monoisotopic (exact) mass is 384 g/mol. The van der Waals surface area contributed by atoms with E-state index in [1.54, 1.807) is 7.05 Å². The lowest BCUT2D eigenvalue weighted by Crippen LogP contribution is -2.46. The van der Waals surface area contributed by atoms with Crippen molar-refractivity contribution in [3.8, 4) is 0 Å². The highest BCUT2D eigenvalue weighted by molar-refractivity contribution is 5.93. The van der Waals surface area contributed by atoms with Gasteiger partial charge in [-0.3, -0.25) is 9.69 Å². The highest BCUT2D eigenvalue weighted by Gasteiger charge is 2.38. The van der Waals surface area contributed by atoms with Crippen LogP contribution in [0.15, 0.2) is 84.9 Å². The zero-order chi connectivity index (χ0) is 20.1. The Morgan fingerprint density at radius 1 is 0.897 bits per heavy atom. The van der Waals surface area contributed by atoms with E-state index in [0.717, 1.165) is 26.1 Å². The summed E-state index contributed by atoms with van der Waals surface area (Å²) in [6, 6.07) is 29.9. The molecular weight excluding hydrogens is 356 g/mol. The first-order chi connectivity index (χ1) is 14.2. The fourth-order valence-corrected chi connectivity index (χ4v) is 4.60. The van der Waals surface area contributed by atoms with Crippen LogP contribution < -0.4 is 5.32 Å². The van der Waals surface area contributed by atoms with E-state index in [2.05, 4.69) is 83.0 Å². The average Bonchev–Trinajstić information content (AvgIpc) is 2.80. The molecule has 0 spiro atoms. The van der Waals surface area contributed by atoms with Crippen LogP contribution in [0.2, 0.25) is 0 Å². The third-order valence-electron chi connectivity index (χ3n) is 6.07. The zero-order valence-corrected chi connectivity index (χ0v) is 17.0. The van der Waals surface area contributed by atoms with Crippen molar-refractivity contribution >= 4 is 5.91 Å². The van der Waals surface area contributed by atoms with E-state index >= 15 is 0 Å². The lowest BCUT2D eigenvalue weighted by atomic mass is 9.69. The number of nitrogens with zero attached hydrogens (tertiary/aromatic N) is 1. The predicted molar refractivity (Wildman–Crippen MR) is 118 cm³/mol. The van der Waals surface area contributed by atoms with Gasteiger partial charge in [0.2, 0.25) is 0 Å². The van der Waals surface area contributed by atoms with Gasteiger partial charge in [0.05, 0.1) is 0 Å². The van der Waals surface area contributed by atoms with Gasteiger partial charge in [0.15, 0.2) is 0 Å². The Balaban J connectivity index is 1.60. The largest absolute Gasteiger partial charge is 0.355 e. The third kappa shape index (κ3) is 4.10. The SMILES string of the molecule is CNC(=O)c1ccc(CN2CCCC(c3ccccc3)(c3ccccc3)C2)cc1. The zero-order valence-electron chi connectivity index (χ0n) is 17.0. The Morgan fingerprint density at radius 3 is 2.03 bits per heavy atom. The van der Waals surface area contributed by atoms with Crippen LogP contribution in [0.3, 0.4) is 0 Å². The molecule has 4 rings (SSSR count). The molecule has 0 aliphatic carbocycles. The lowest BCUT2D eigenvalue weighted by Gasteiger charge is -2.44. The number of amides is 1. The van der Waals surface area contributed by atoms with E-state index in [1.807, 2.05) is 12.1 Å². The molecule has 1 fully saturated rings. The Kier molecular flexibility index (Phi) is 5.77. The molecule has 0 atom stereocenters. The van der Waals surface area contributed by atoms with Gasteiger partial charge in [-0.05, 0) is 48.2 Å². The molecule has 0 radical (unpaired) electrons. The van der Waals surface area contributed by atoms with Crippen molar-refractivity contribution in [2.24, 2.45) is 0 Å². The van der Waals surface area contributed by atoms with Gasteiger partial charge in [-0.2, -0.15) is 0 Å². The number of hydrogen-bond acceptors (Lipinski definition) is 2. The number of piperidine rings is 1. The van der Waals surface area contributed by atoms with Crippen LogP contribution in [0.5, 0.6) is 0 Å². The normalized spacial score (nSPS) is 16.3. The van der Waals surface area contributed by atoms with Crippen LogP contribution in [-0.4, -0.2) is 30.9 Å². The highest BCUT2D eigenvalue weighted by atomic mass is 16.1. The maximum atomic E-state index is 11.8. The minimum Gasteiger partial charge on any atom is -0.355 e. The maximum absolute atomic E-state index is 11.8. The number of hydrogen-bond donors (Lipinski definition) is 1. The van der Waals surface area contributed by atoms with Crippen molar-refractivity contribution in [2.75, 3.05) is 20.1 Å². The van der Waals surface area contributed by atoms with E-state index in [0.29, 0.717) is 5.56 Å². The first-order valence-electron chi connectivity index (χ1n) is 10.4. The van der Waals surface area contributed by atoms with Crippen molar-refractivity contribution < 1.29 is 4.79 Å². The van der Waals surface area contributed by atoms with Gasteiger partial charge in [0.1, 0.15) is 0 Å². The number of rotatable bonds is 5. The topological polar surface area (TPSA) is 32.3 Å². The van der Waals surface area contributed by atoms with Crippen LogP contribution >= 0.6 is 0 Å². The van der Waals surface area contributed by atoms with Gasteiger partial charge in [-0.15, -0.1) is 0 Å². The Morgan fingerprint density at radius 2 is 1.48 bits per heavy atom. The first-order valence-corrected chi connectivity index (χ1v) is 10.4. The van der Waals surface area contributed by atoms with Crippen molar-refractivity contribution in [1.29, 1.82) is 0 Å². The van der Waals surface area contributed by atoms with Crippen LogP contribution in [0, 0.1) is 0 Å². The molecule has 1 amide bonds. The first kappa shape index (κ1) is 19.4. The van der Waals surface area contributed by atoms with Crippen LogP contribution in [-0.2, 0) is 12.0 Å². The quantitative estimate of drug-likeness (QED) is 0.696. The molecule has 1 N–H and O–H groups in total. The summed E-state index contributed by atoms with van der Waals surface area (Å²) in [5, 5.41) is 2.68. The van der Waals surface area contributed by atoms with Crippen molar-refractivity contribution in [1.82, 2.24) is 10.2 Å². The molecule has 1 saturated heterocycles. The maximum Gasteiger partial charge on any atom is 0.251 e. The Labute approximate surface area is 173 Å². The summed E-state index contributed by atoms with van der Waals surface area (Å²) in [7, 11) is 1.66. The molecule has 0 aromatic heterocycles. The standard InChI is InChI=1S/C26H28N2O/c1-27-25(29)22-15-13-21(14-16-22)19-28-18-8-17-26(20-28,23-9-4-2-5-10-23)24-11-6-3-7-12-24/h2-7,9-16H,8,17-20H2,1H3,(H,27,29). The van der Waals surface area contributed by atoms with Crippen molar-refractivity contribution in [3.05, 3.63) is 107 Å². The van der Waals surface area contributed by atoms with Crippen LogP contribution in [0.1, 0.15) is 39.9 Å². The second-order valence-electron chi connectivity index (χ2n) is 7.90. The fraction of sp³-hybridized carbons (Fsp3) is 0.269. The fourth-order valence-electron chi connectivity index (χ4n) is 4.60. The van der Waals surface area contributed by atoms with E-state index in [4.69, 9.17) is 0 Å². The molecule has 3 aromatic carbocycles. The van der Waals surface area contributed by atoms with Crippen LogP contribution in [0.25, 0.3) is 0 Å². The summed E-state index contributed by atoms with van der Waals surface area (Å²) in [6.45, 7) is 2.99. The minimum absolute atomic E-state index is 0.0167. The Hall–Kier alpha value is -2.91. The third-order valence-corrected chi connectivity index (χ3v) is 6.07. The van der Waals surface area contributed by atoms with Gasteiger partial charge < -0.3 is 5.32 Å². The molecule has 1 heterocycles. The van der Waals surface area contributed by atoms with Gasteiger partial charge in [-0.1, -0.05) is 72.8 Å². The van der Waals surface area contributed by atoms with Crippen molar-refractivity contribution in [2.45, 2.75) is 24.8 Å². The van der Waals surface area contributed by atoms with Crippen molar-refractivity contribution in [3.63, 3.8) is 0 Å². The Bertz CT molecular complexity index is 896. The van der Waals surface area contributed by atoms with E-state index in [9.17, 15) is 4.79 Å². The number of carbonyl (C=O) groups excluding carboxylic acids is 1. The molecule has 1 aliphatic rings. The molecule has 148 valence electrons. The number of benzene rings is 3. The summed E-state index contributed by atoms with van der Waals surface area (Å²) in [5.41, 5.74) is 4.76. The lowest BCUT2D eigenvalue weighted by molar-refractivity contribution is 0.0963. The summed E-state index contributed by atoms with van der Waals surface area (Å²) < 4.78 is 0. The second-order valence-corrected chi connectivity index (χ2v) is 7.90. The van der Waals surface area contributed by atoms with E-state index in [-0.39, 0.29) is 11.3 Å². The van der Waals surface area contributed by atoms with Crippen LogP contribution in [0.4, 0.5) is 0 Å². The van der Waals surface area contributed by atoms with Gasteiger partial charge >= 0.3 is 0 Å². The number of likely N-dealkylation sites (tertiary alicyclic amines) is 1. The number of carbonyl (C=O) groups is 1. The number of nitrogens with one attached hydrogen (secondary N) is 1. The van der Waals surface area contributed by atoms with E-state index < -0.39 is 0 Å². The minimum atomic E-state index is -0.0401. The molecule has 0 unspecified atom stereocenters. The summed E-state index contributed by atoms with van der Waals surface area (Å²) >= 11 is 0. The van der Waals surface area contributed by atoms with Gasteiger partial charge in [-0.25, -0.2) is 0 Å². The molecule has 1 aliphatic heterocycles. The van der Waals surface area contributed by atoms with Gasteiger partial charge in [0.25, 0.3) is 5.91 Å². The molecule has 0 bridgehead atoms. The smallest absolute Gasteiger partial charge is 0.251 e. The molecule has 29 heavy (non-hydrogen) atoms. The summed E-state index contributed by atoms with van der Waals surface area (Å²) in [6.07, 6.45) is 2.33. The average molecular weight is 385 g/mol. The second kappa shape index (κ2) is 8.62. The predicted octanol–water partition coefficient (Wildman–Crippen LogP) is 4.63. The molecule has 0 saturated carbocycles. The molecule has 3 nitrogen and oxygen atoms in total. The van der Waals surface area contributed by atoms with Gasteiger partial charge in [0, 0.05) is 31.1 Å². The molecule has 3 aromatic rings. The molecular formula is C26H28N2O.